The van der Waals surface area contributed by atoms with Crippen LogP contribution in [0.15, 0.2) is 79.0 Å². The molecule has 3 aromatic carbocycles. The second-order valence-electron chi connectivity index (χ2n) is 8.46. The first-order valence-corrected chi connectivity index (χ1v) is 11.1. The summed E-state index contributed by atoms with van der Waals surface area (Å²) in [5.41, 5.74) is 6.11. The molecule has 1 aromatic heterocycles. The van der Waals surface area contributed by atoms with Crippen molar-refractivity contribution in [3.63, 3.8) is 0 Å². The van der Waals surface area contributed by atoms with E-state index < -0.39 is 0 Å². The number of aromatic nitrogens is 2. The minimum absolute atomic E-state index is 0.427. The van der Waals surface area contributed by atoms with E-state index in [-0.39, 0.29) is 0 Å². The summed E-state index contributed by atoms with van der Waals surface area (Å²) < 4.78 is 0. The number of hydrogen-bond donors (Lipinski definition) is 1. The molecule has 0 atom stereocenters. The molecule has 1 aliphatic rings. The molecule has 31 heavy (non-hydrogen) atoms. The maximum absolute atomic E-state index is 4.78. The number of rotatable bonds is 5. The summed E-state index contributed by atoms with van der Waals surface area (Å²) in [5.74, 6) is 0.734. The summed E-state index contributed by atoms with van der Waals surface area (Å²) in [4.78, 5) is 11.9. The summed E-state index contributed by atoms with van der Waals surface area (Å²) in [6.07, 6.45) is 4.16. The Balaban J connectivity index is 1.23. The normalized spacial score (nSPS) is 15.3. The SMILES string of the molecule is Cc1ccccc1-c1ccc2nc(NC3CCN(Cc4ccccc4)CC3)ncc2c1. The van der Waals surface area contributed by atoms with Gasteiger partial charge in [0, 0.05) is 37.3 Å². The maximum Gasteiger partial charge on any atom is 0.223 e. The Morgan fingerprint density at radius 2 is 1.71 bits per heavy atom. The Hall–Kier alpha value is -3.24. The third-order valence-corrected chi connectivity index (χ3v) is 6.21. The Morgan fingerprint density at radius 3 is 2.52 bits per heavy atom. The first-order chi connectivity index (χ1) is 15.2. The van der Waals surface area contributed by atoms with E-state index in [2.05, 4.69) is 94.9 Å². The molecule has 0 spiro atoms. The Labute approximate surface area is 184 Å². The number of aryl methyl sites for hydroxylation is 1. The molecule has 1 saturated heterocycles. The fraction of sp³-hybridized carbons (Fsp3) is 0.259. The highest BCUT2D eigenvalue weighted by atomic mass is 15.2. The molecule has 0 unspecified atom stereocenters. The topological polar surface area (TPSA) is 41.1 Å². The van der Waals surface area contributed by atoms with Crippen LogP contribution in [0.25, 0.3) is 22.0 Å². The van der Waals surface area contributed by atoms with Crippen LogP contribution in [0.1, 0.15) is 24.0 Å². The van der Waals surface area contributed by atoms with Crippen LogP contribution in [0.4, 0.5) is 5.95 Å². The van der Waals surface area contributed by atoms with Crippen LogP contribution in [0, 0.1) is 6.92 Å². The van der Waals surface area contributed by atoms with Crippen LogP contribution < -0.4 is 5.32 Å². The molecule has 4 aromatic rings. The molecule has 5 rings (SSSR count). The van der Waals surface area contributed by atoms with E-state index in [4.69, 9.17) is 4.98 Å². The molecule has 156 valence electrons. The van der Waals surface area contributed by atoms with Crippen molar-refractivity contribution in [3.05, 3.63) is 90.1 Å². The number of piperidine rings is 1. The van der Waals surface area contributed by atoms with Gasteiger partial charge in [-0.05, 0) is 54.2 Å². The largest absolute Gasteiger partial charge is 0.351 e. The molecule has 1 N–H and O–H groups in total. The first kappa shape index (κ1) is 19.7. The van der Waals surface area contributed by atoms with Crippen molar-refractivity contribution in [3.8, 4) is 11.1 Å². The van der Waals surface area contributed by atoms with Crippen molar-refractivity contribution in [2.24, 2.45) is 0 Å². The number of nitrogens with zero attached hydrogens (tertiary/aromatic N) is 3. The molecule has 4 heteroatoms. The van der Waals surface area contributed by atoms with E-state index in [1.807, 2.05) is 6.20 Å². The van der Waals surface area contributed by atoms with Gasteiger partial charge in [-0.25, -0.2) is 9.97 Å². The standard InChI is InChI=1S/C27H28N4/c1-20-7-5-6-10-25(20)22-11-12-26-23(17-22)18-28-27(30-26)29-24-13-15-31(16-14-24)19-21-8-3-2-4-9-21/h2-12,17-18,24H,13-16,19H2,1H3,(H,28,29,30). The minimum Gasteiger partial charge on any atom is -0.351 e. The zero-order chi connectivity index (χ0) is 21.0. The molecule has 0 amide bonds. The van der Waals surface area contributed by atoms with Crippen molar-refractivity contribution in [2.45, 2.75) is 32.4 Å². The lowest BCUT2D eigenvalue weighted by Crippen LogP contribution is -2.38. The van der Waals surface area contributed by atoms with Gasteiger partial charge >= 0.3 is 0 Å². The van der Waals surface area contributed by atoms with Crippen molar-refractivity contribution in [1.29, 1.82) is 0 Å². The van der Waals surface area contributed by atoms with Crippen LogP contribution in [0.3, 0.4) is 0 Å². The highest BCUT2D eigenvalue weighted by molar-refractivity contribution is 5.85. The summed E-state index contributed by atoms with van der Waals surface area (Å²) in [6, 6.07) is 26.1. The highest BCUT2D eigenvalue weighted by Gasteiger charge is 2.20. The molecule has 0 bridgehead atoms. The Kier molecular flexibility index (Phi) is 5.63. The van der Waals surface area contributed by atoms with Gasteiger partial charge in [-0.15, -0.1) is 0 Å². The van der Waals surface area contributed by atoms with Gasteiger partial charge in [0.25, 0.3) is 0 Å². The lowest BCUT2D eigenvalue weighted by molar-refractivity contribution is 0.211. The molecule has 0 radical (unpaired) electrons. The van der Waals surface area contributed by atoms with E-state index in [0.29, 0.717) is 6.04 Å². The smallest absolute Gasteiger partial charge is 0.223 e. The highest BCUT2D eigenvalue weighted by Crippen LogP contribution is 2.26. The second-order valence-corrected chi connectivity index (χ2v) is 8.46. The van der Waals surface area contributed by atoms with Crippen LogP contribution in [-0.4, -0.2) is 34.0 Å². The number of likely N-dealkylation sites (tertiary alicyclic amines) is 1. The van der Waals surface area contributed by atoms with E-state index in [1.165, 1.54) is 22.3 Å². The third kappa shape index (κ3) is 4.59. The lowest BCUT2D eigenvalue weighted by atomic mass is 9.99. The van der Waals surface area contributed by atoms with Gasteiger partial charge in [0.2, 0.25) is 5.95 Å². The Bertz CT molecular complexity index is 1160. The average Bonchev–Trinajstić information content (AvgIpc) is 2.81. The summed E-state index contributed by atoms with van der Waals surface area (Å²) in [6.45, 7) is 5.37. The van der Waals surface area contributed by atoms with Crippen molar-refractivity contribution >= 4 is 16.9 Å². The number of benzene rings is 3. The zero-order valence-electron chi connectivity index (χ0n) is 18.0. The molecule has 1 fully saturated rings. The molecule has 1 aliphatic heterocycles. The molecule has 4 nitrogen and oxygen atoms in total. The van der Waals surface area contributed by atoms with Gasteiger partial charge < -0.3 is 5.32 Å². The summed E-state index contributed by atoms with van der Waals surface area (Å²) in [5, 5.41) is 4.64. The van der Waals surface area contributed by atoms with Crippen molar-refractivity contribution < 1.29 is 0 Å². The number of anilines is 1. The summed E-state index contributed by atoms with van der Waals surface area (Å²) in [7, 11) is 0. The summed E-state index contributed by atoms with van der Waals surface area (Å²) >= 11 is 0. The first-order valence-electron chi connectivity index (χ1n) is 11.1. The fourth-order valence-electron chi connectivity index (χ4n) is 4.43. The monoisotopic (exact) mass is 408 g/mol. The molecule has 2 heterocycles. The molecule has 0 saturated carbocycles. The number of nitrogens with one attached hydrogen (secondary N) is 1. The van der Waals surface area contributed by atoms with Crippen molar-refractivity contribution in [2.75, 3.05) is 18.4 Å². The van der Waals surface area contributed by atoms with E-state index in [1.54, 1.807) is 0 Å². The zero-order valence-corrected chi connectivity index (χ0v) is 18.0. The van der Waals surface area contributed by atoms with Crippen LogP contribution >= 0.6 is 0 Å². The van der Waals surface area contributed by atoms with E-state index in [0.717, 1.165) is 49.3 Å². The fourth-order valence-corrected chi connectivity index (χ4v) is 4.43. The molecular weight excluding hydrogens is 380 g/mol. The van der Waals surface area contributed by atoms with Gasteiger partial charge in [-0.3, -0.25) is 4.90 Å². The predicted molar refractivity (Wildman–Crippen MR) is 128 cm³/mol. The van der Waals surface area contributed by atoms with Crippen LogP contribution in [0.5, 0.6) is 0 Å². The molecular formula is C27H28N4. The van der Waals surface area contributed by atoms with Gasteiger partial charge in [-0.2, -0.15) is 0 Å². The van der Waals surface area contributed by atoms with Gasteiger partial charge in [-0.1, -0.05) is 60.7 Å². The number of fused-ring (bicyclic) bond motifs is 1. The van der Waals surface area contributed by atoms with Gasteiger partial charge in [0.05, 0.1) is 5.52 Å². The average molecular weight is 409 g/mol. The van der Waals surface area contributed by atoms with Crippen LogP contribution in [0.2, 0.25) is 0 Å². The minimum atomic E-state index is 0.427. The lowest BCUT2D eigenvalue weighted by Gasteiger charge is -2.32. The Morgan fingerprint density at radius 1 is 0.935 bits per heavy atom. The van der Waals surface area contributed by atoms with Crippen molar-refractivity contribution in [1.82, 2.24) is 14.9 Å². The quantitative estimate of drug-likeness (QED) is 0.461. The molecule has 0 aliphatic carbocycles. The van der Waals surface area contributed by atoms with E-state index >= 15 is 0 Å². The predicted octanol–water partition coefficient (Wildman–Crippen LogP) is 5.68. The van der Waals surface area contributed by atoms with Gasteiger partial charge in [0.1, 0.15) is 0 Å². The third-order valence-electron chi connectivity index (χ3n) is 6.21. The maximum atomic E-state index is 4.78. The van der Waals surface area contributed by atoms with Gasteiger partial charge in [0.15, 0.2) is 0 Å². The number of hydrogen-bond acceptors (Lipinski definition) is 4. The van der Waals surface area contributed by atoms with E-state index in [9.17, 15) is 0 Å². The van der Waals surface area contributed by atoms with Crippen LogP contribution in [-0.2, 0) is 6.54 Å². The second kappa shape index (κ2) is 8.86.